The molecule has 1 fully saturated rings. The predicted octanol–water partition coefficient (Wildman–Crippen LogP) is 2.42. The highest BCUT2D eigenvalue weighted by molar-refractivity contribution is 7.91. The second kappa shape index (κ2) is 9.78. The molecule has 2 aromatic rings. The summed E-state index contributed by atoms with van der Waals surface area (Å²) in [6.45, 7) is -0.470. The van der Waals surface area contributed by atoms with Crippen molar-refractivity contribution in [2.75, 3.05) is 32.3 Å². The number of hydrogen-bond donors (Lipinski definition) is 0. The van der Waals surface area contributed by atoms with Crippen molar-refractivity contribution in [3.8, 4) is 5.75 Å². The smallest absolute Gasteiger partial charge is 0.339 e. The molecule has 0 spiro atoms. The monoisotopic (exact) mass is 443 g/mol. The minimum absolute atomic E-state index is 0.0633. The number of carbonyl (C=O) groups is 2. The summed E-state index contributed by atoms with van der Waals surface area (Å²) in [4.78, 5) is 26.7. The van der Waals surface area contributed by atoms with Crippen molar-refractivity contribution >= 4 is 33.4 Å². The summed E-state index contributed by atoms with van der Waals surface area (Å²) in [5.41, 5.74) is 1.62. The Balaban J connectivity index is 1.76. The van der Waals surface area contributed by atoms with Crippen molar-refractivity contribution in [2.45, 2.75) is 12.5 Å². The van der Waals surface area contributed by atoms with Gasteiger partial charge in [0.2, 0.25) is 0 Å². The van der Waals surface area contributed by atoms with E-state index in [1.807, 2.05) is 24.3 Å². The first-order chi connectivity index (χ1) is 14.8. The van der Waals surface area contributed by atoms with Gasteiger partial charge in [-0.25, -0.2) is 13.2 Å². The van der Waals surface area contributed by atoms with Gasteiger partial charge in [-0.2, -0.15) is 0 Å². The summed E-state index contributed by atoms with van der Waals surface area (Å²) in [6.07, 6.45) is 2.05. The minimum atomic E-state index is -3.12. The van der Waals surface area contributed by atoms with Crippen LogP contribution in [0.25, 0.3) is 11.6 Å². The van der Waals surface area contributed by atoms with Crippen molar-refractivity contribution in [3.05, 3.63) is 65.7 Å². The van der Waals surface area contributed by atoms with Crippen LogP contribution in [0.3, 0.4) is 0 Å². The predicted molar refractivity (Wildman–Crippen MR) is 118 cm³/mol. The van der Waals surface area contributed by atoms with Gasteiger partial charge in [-0.05, 0) is 24.1 Å². The summed E-state index contributed by atoms with van der Waals surface area (Å²) in [5, 5.41) is 0. The van der Waals surface area contributed by atoms with Gasteiger partial charge >= 0.3 is 5.97 Å². The van der Waals surface area contributed by atoms with E-state index >= 15 is 0 Å². The Morgan fingerprint density at radius 3 is 2.42 bits per heavy atom. The molecule has 8 heteroatoms. The van der Waals surface area contributed by atoms with Crippen LogP contribution in [0.5, 0.6) is 5.75 Å². The Kier molecular flexibility index (Phi) is 7.12. The van der Waals surface area contributed by atoms with Crippen LogP contribution in [0.4, 0.5) is 0 Å². The fourth-order valence-corrected chi connectivity index (χ4v) is 5.18. The van der Waals surface area contributed by atoms with E-state index in [4.69, 9.17) is 9.47 Å². The molecular formula is C23H25NO6S. The van der Waals surface area contributed by atoms with E-state index in [0.717, 1.165) is 0 Å². The lowest BCUT2D eigenvalue weighted by atomic mass is 10.0. The molecule has 2 aromatic carbocycles. The maximum atomic E-state index is 12.9. The Labute approximate surface area is 182 Å². The van der Waals surface area contributed by atoms with E-state index in [0.29, 0.717) is 23.3 Å². The topological polar surface area (TPSA) is 90.0 Å². The molecule has 1 atom stereocenters. The summed E-state index contributed by atoms with van der Waals surface area (Å²) in [7, 11) is -0.0399. The normalized spacial score (nSPS) is 17.7. The third-order valence-electron chi connectivity index (χ3n) is 5.22. The first-order valence-corrected chi connectivity index (χ1v) is 11.7. The van der Waals surface area contributed by atoms with Gasteiger partial charge in [0.05, 0.1) is 24.2 Å². The van der Waals surface area contributed by atoms with Gasteiger partial charge < -0.3 is 14.4 Å². The molecule has 0 saturated carbocycles. The summed E-state index contributed by atoms with van der Waals surface area (Å²) < 4.78 is 34.0. The van der Waals surface area contributed by atoms with Crippen LogP contribution < -0.4 is 4.74 Å². The van der Waals surface area contributed by atoms with Crippen LogP contribution in [0.15, 0.2) is 54.6 Å². The van der Waals surface area contributed by atoms with Crippen molar-refractivity contribution in [1.29, 1.82) is 0 Å². The Bertz CT molecular complexity index is 1080. The molecule has 164 valence electrons. The maximum Gasteiger partial charge on any atom is 0.339 e. The van der Waals surface area contributed by atoms with E-state index in [9.17, 15) is 18.0 Å². The number of likely N-dealkylation sites (N-methyl/N-ethyl adjacent to an activating group) is 1. The van der Waals surface area contributed by atoms with Gasteiger partial charge in [0, 0.05) is 18.7 Å². The van der Waals surface area contributed by atoms with Crippen molar-refractivity contribution < 1.29 is 27.5 Å². The Hall–Kier alpha value is -3.13. The number of amides is 1. The molecule has 1 amide bonds. The summed E-state index contributed by atoms with van der Waals surface area (Å²) in [6, 6.07) is 15.9. The van der Waals surface area contributed by atoms with E-state index in [2.05, 4.69) is 0 Å². The average Bonchev–Trinajstić information content (AvgIpc) is 3.15. The lowest BCUT2D eigenvalue weighted by Crippen LogP contribution is -2.40. The SMILES string of the molecule is COc1ccccc1/C=C(/C(=O)OCC(=O)N(C)[C@H]1CCS(=O)(=O)C1)c1ccccc1. The van der Waals surface area contributed by atoms with Crippen LogP contribution in [-0.2, 0) is 24.2 Å². The first kappa shape index (κ1) is 22.6. The van der Waals surface area contributed by atoms with Gasteiger partial charge in [0.1, 0.15) is 5.75 Å². The molecule has 0 aliphatic carbocycles. The molecule has 31 heavy (non-hydrogen) atoms. The Morgan fingerprint density at radius 2 is 1.77 bits per heavy atom. The fraction of sp³-hybridized carbons (Fsp3) is 0.304. The maximum absolute atomic E-state index is 12.9. The number of sulfone groups is 1. The summed E-state index contributed by atoms with van der Waals surface area (Å²) in [5.74, 6) is -0.499. The number of carbonyl (C=O) groups excluding carboxylic acids is 2. The lowest BCUT2D eigenvalue weighted by molar-refractivity contribution is -0.147. The fourth-order valence-electron chi connectivity index (χ4n) is 3.41. The quantitative estimate of drug-likeness (QED) is 0.371. The van der Waals surface area contributed by atoms with E-state index in [1.165, 1.54) is 11.9 Å². The highest BCUT2D eigenvalue weighted by atomic mass is 32.2. The Morgan fingerprint density at radius 1 is 1.10 bits per heavy atom. The first-order valence-electron chi connectivity index (χ1n) is 9.84. The number of hydrogen-bond acceptors (Lipinski definition) is 6. The number of para-hydroxylation sites is 1. The van der Waals surface area contributed by atoms with Crippen LogP contribution in [0, 0.1) is 0 Å². The van der Waals surface area contributed by atoms with Gasteiger partial charge in [-0.15, -0.1) is 0 Å². The van der Waals surface area contributed by atoms with Gasteiger partial charge in [0.15, 0.2) is 16.4 Å². The van der Waals surface area contributed by atoms with Gasteiger partial charge in [0.25, 0.3) is 5.91 Å². The molecule has 0 aromatic heterocycles. The highest BCUT2D eigenvalue weighted by Gasteiger charge is 2.33. The second-order valence-electron chi connectivity index (χ2n) is 7.30. The molecule has 1 heterocycles. The van der Waals surface area contributed by atoms with Crippen LogP contribution >= 0.6 is 0 Å². The number of nitrogens with zero attached hydrogens (tertiary/aromatic N) is 1. The number of benzene rings is 2. The molecule has 0 radical (unpaired) electrons. The number of esters is 1. The molecule has 0 N–H and O–H groups in total. The lowest BCUT2D eigenvalue weighted by Gasteiger charge is -2.23. The van der Waals surface area contributed by atoms with E-state index < -0.39 is 34.4 Å². The van der Waals surface area contributed by atoms with Crippen LogP contribution in [0.1, 0.15) is 17.5 Å². The molecule has 0 bridgehead atoms. The van der Waals surface area contributed by atoms with Crippen molar-refractivity contribution in [3.63, 3.8) is 0 Å². The average molecular weight is 444 g/mol. The largest absolute Gasteiger partial charge is 0.496 e. The van der Waals surface area contributed by atoms with Crippen molar-refractivity contribution in [1.82, 2.24) is 4.90 Å². The highest BCUT2D eigenvalue weighted by Crippen LogP contribution is 2.25. The molecule has 7 nitrogen and oxygen atoms in total. The van der Waals surface area contributed by atoms with E-state index in [1.54, 1.807) is 43.5 Å². The zero-order valence-corrected chi connectivity index (χ0v) is 18.3. The molecular weight excluding hydrogens is 418 g/mol. The third kappa shape index (κ3) is 5.73. The molecule has 0 unspecified atom stereocenters. The number of methoxy groups -OCH3 is 1. The minimum Gasteiger partial charge on any atom is -0.496 e. The number of rotatable bonds is 7. The van der Waals surface area contributed by atoms with E-state index in [-0.39, 0.29) is 17.1 Å². The standard InChI is InChI=1S/C23H25NO6S/c1-24(19-12-13-31(27,28)16-19)22(25)15-30-23(26)20(17-8-4-3-5-9-17)14-18-10-6-7-11-21(18)29-2/h3-11,14,19H,12-13,15-16H2,1-2H3/b20-14+/t19-/m0/s1. The van der Waals surface area contributed by atoms with Crippen LogP contribution in [-0.4, -0.2) is 63.5 Å². The zero-order valence-electron chi connectivity index (χ0n) is 17.5. The summed E-state index contributed by atoms with van der Waals surface area (Å²) >= 11 is 0. The molecule has 1 saturated heterocycles. The molecule has 1 aliphatic heterocycles. The van der Waals surface area contributed by atoms with Crippen molar-refractivity contribution in [2.24, 2.45) is 0 Å². The number of ether oxygens (including phenoxy) is 2. The zero-order chi connectivity index (χ0) is 22.4. The van der Waals surface area contributed by atoms with Gasteiger partial charge in [-0.1, -0.05) is 48.5 Å². The third-order valence-corrected chi connectivity index (χ3v) is 6.97. The van der Waals surface area contributed by atoms with Gasteiger partial charge in [-0.3, -0.25) is 4.79 Å². The van der Waals surface area contributed by atoms with Crippen LogP contribution in [0.2, 0.25) is 0 Å². The molecule has 3 rings (SSSR count). The second-order valence-corrected chi connectivity index (χ2v) is 9.53. The molecule has 1 aliphatic rings.